The van der Waals surface area contributed by atoms with Crippen molar-refractivity contribution in [1.29, 1.82) is 0 Å². The third kappa shape index (κ3) is 9.21. The fraction of sp³-hybridized carbons (Fsp3) is 0.886. The molecule has 16 atom stereocenters. The Hall–Kier alpha value is -1.72. The van der Waals surface area contributed by atoms with E-state index in [4.69, 9.17) is 28.4 Å². The molecule has 3 aliphatic heterocycles. The van der Waals surface area contributed by atoms with Gasteiger partial charge in [0.1, 0.15) is 12.2 Å². The van der Waals surface area contributed by atoms with E-state index >= 15 is 0 Å². The molecule has 0 amide bonds. The Kier molecular flexibility index (Phi) is 13.3. The molecule has 3 fully saturated rings. The van der Waals surface area contributed by atoms with Crippen LogP contribution in [0.25, 0.3) is 0 Å². The Bertz CT molecular complexity index is 1190. The molecule has 14 nitrogen and oxygen atoms in total. The zero-order chi connectivity index (χ0) is 36.4. The fourth-order valence-corrected chi connectivity index (χ4v) is 7.89. The molecule has 0 unspecified atom stereocenters. The van der Waals surface area contributed by atoms with Gasteiger partial charge in [-0.3, -0.25) is 9.89 Å². The number of rotatable bonds is 7. The Labute approximate surface area is 291 Å². The number of aromatic nitrogens is 2. The number of hydrogen-bond acceptors (Lipinski definition) is 13. The largest absolute Gasteiger partial charge is 0.454 e. The minimum atomic E-state index is -1.46. The molecule has 1 aromatic rings. The summed E-state index contributed by atoms with van der Waals surface area (Å²) in [4.78, 5) is 16.1. The van der Waals surface area contributed by atoms with E-state index in [1.165, 1.54) is 7.11 Å². The number of hydrogen-bond donors (Lipinski definition) is 5. The van der Waals surface area contributed by atoms with Crippen molar-refractivity contribution in [2.45, 2.75) is 153 Å². The van der Waals surface area contributed by atoms with E-state index in [-0.39, 0.29) is 30.5 Å². The van der Waals surface area contributed by atoms with E-state index in [1.807, 2.05) is 46.7 Å². The summed E-state index contributed by atoms with van der Waals surface area (Å²) in [6.45, 7) is 15.3. The van der Waals surface area contributed by atoms with Gasteiger partial charge in [-0.1, -0.05) is 13.8 Å². The zero-order valence-corrected chi connectivity index (χ0v) is 31.2. The van der Waals surface area contributed by atoms with E-state index in [1.54, 1.807) is 40.0 Å². The van der Waals surface area contributed by atoms with Gasteiger partial charge in [-0.25, -0.2) is 0 Å². The van der Waals surface area contributed by atoms with Crippen LogP contribution in [0, 0.1) is 17.8 Å². The van der Waals surface area contributed by atoms with Gasteiger partial charge < -0.3 is 54.0 Å². The van der Waals surface area contributed by atoms with Crippen molar-refractivity contribution in [3.05, 3.63) is 18.0 Å². The number of aliphatic hydroxyl groups excluding tert-OH is 2. The lowest BCUT2D eigenvalue weighted by Crippen LogP contribution is -2.60. The van der Waals surface area contributed by atoms with Gasteiger partial charge in [0.2, 0.25) is 0 Å². The lowest BCUT2D eigenvalue weighted by Gasteiger charge is -2.48. The molecule has 0 aliphatic carbocycles. The van der Waals surface area contributed by atoms with Gasteiger partial charge in [0.25, 0.3) is 0 Å². The van der Waals surface area contributed by atoms with Crippen LogP contribution in [0.2, 0.25) is 0 Å². The third-order valence-electron chi connectivity index (χ3n) is 10.9. The summed E-state index contributed by atoms with van der Waals surface area (Å²) < 4.78 is 37.7. The first kappa shape index (κ1) is 40.1. The number of nitrogens with zero attached hydrogens (tertiary/aromatic N) is 2. The summed E-state index contributed by atoms with van der Waals surface area (Å²) in [6, 6.07) is 1.25. The Morgan fingerprint density at radius 1 is 1.04 bits per heavy atom. The molecule has 14 heteroatoms. The van der Waals surface area contributed by atoms with E-state index in [0.29, 0.717) is 25.1 Å². The number of ether oxygens (including phenoxy) is 6. The highest BCUT2D eigenvalue weighted by molar-refractivity contribution is 5.73. The van der Waals surface area contributed by atoms with Crippen LogP contribution in [-0.4, -0.2) is 137 Å². The van der Waals surface area contributed by atoms with Crippen LogP contribution in [0.15, 0.2) is 12.3 Å². The molecule has 3 saturated heterocycles. The number of nitrogens with one attached hydrogen (secondary N) is 2. The summed E-state index contributed by atoms with van der Waals surface area (Å²) in [7, 11) is 5.34. The van der Waals surface area contributed by atoms with E-state index in [9.17, 15) is 20.1 Å². The monoisotopic (exact) mass is 698 g/mol. The number of carbonyl (C=O) groups is 1. The first-order chi connectivity index (χ1) is 22.9. The topological polar surface area (TPSA) is 177 Å². The smallest absolute Gasteiger partial charge is 0.312 e. The van der Waals surface area contributed by atoms with E-state index < -0.39 is 78.2 Å². The lowest BCUT2D eigenvalue weighted by atomic mass is 9.77. The summed E-state index contributed by atoms with van der Waals surface area (Å²) in [5.74, 6) is -2.10. The van der Waals surface area contributed by atoms with Gasteiger partial charge in [0.15, 0.2) is 18.7 Å². The maximum atomic E-state index is 14.2. The second kappa shape index (κ2) is 16.3. The first-order valence-electron chi connectivity index (χ1n) is 17.7. The number of cyclic esters (lactones) is 1. The molecule has 282 valence electrons. The van der Waals surface area contributed by atoms with E-state index in [2.05, 4.69) is 15.5 Å². The van der Waals surface area contributed by atoms with Gasteiger partial charge in [0.05, 0.1) is 47.2 Å². The van der Waals surface area contributed by atoms with Crippen LogP contribution in [0.5, 0.6) is 0 Å². The average Bonchev–Trinajstić information content (AvgIpc) is 3.57. The number of aliphatic hydroxyl groups is 3. The zero-order valence-electron chi connectivity index (χ0n) is 31.2. The summed E-state index contributed by atoms with van der Waals surface area (Å²) >= 11 is 0. The number of H-pyrrole nitrogens is 1. The molecule has 0 aromatic carbocycles. The number of likely N-dealkylation sites (N-methyl/N-ethyl adjacent to an activating group) is 1. The molecule has 49 heavy (non-hydrogen) atoms. The second-order valence-corrected chi connectivity index (χ2v) is 15.5. The lowest BCUT2D eigenvalue weighted by molar-refractivity contribution is -0.317. The molecule has 1 aromatic heterocycles. The first-order valence-corrected chi connectivity index (χ1v) is 17.7. The SMILES string of the molecule is CO[C@]1(C)C[C@H](O[C@H]2[C@H](C)[C@@H](O[C@@H]3O[C@H](C)C[C@H](N(C)C)[C@H]3O)[C@@](C)(O)C[C@@H](C)CN[C@@H](C)[C@H](c3ccn[nH]3)OC(=O)[C@@H]2C)O[C@@H](C)[C@@H]1O. The van der Waals surface area contributed by atoms with Gasteiger partial charge >= 0.3 is 5.97 Å². The van der Waals surface area contributed by atoms with Crippen LogP contribution in [0.4, 0.5) is 0 Å². The van der Waals surface area contributed by atoms with Crippen LogP contribution < -0.4 is 5.32 Å². The molecule has 4 heterocycles. The van der Waals surface area contributed by atoms with Crippen molar-refractivity contribution < 1.29 is 48.5 Å². The molecule has 0 radical (unpaired) electrons. The quantitative estimate of drug-likeness (QED) is 0.262. The van der Waals surface area contributed by atoms with Gasteiger partial charge in [-0.2, -0.15) is 5.10 Å². The van der Waals surface area contributed by atoms with Crippen molar-refractivity contribution in [2.24, 2.45) is 17.8 Å². The fourth-order valence-electron chi connectivity index (χ4n) is 7.89. The summed E-state index contributed by atoms with van der Waals surface area (Å²) in [6.07, 6.45) is -4.49. The highest BCUT2D eigenvalue weighted by Gasteiger charge is 2.51. The standard InChI is InChI=1S/C35H62N4O10/c1-18-15-34(7,43)31(49-33-27(40)25(39(9)10)14-19(2)45-33)20(3)28(47-26-16-35(8,44-11)30(41)23(6)46-26)21(4)32(42)48-29(22(5)36-17-18)24-12-13-37-38-24/h12-13,18-23,25-31,33,36,40-41,43H,14-17H2,1-11H3,(H,37,38)/t18-,19-,20+,21-,22+,23+,25+,26+,27-,28+,29-,30+,31-,33+,34+,35-/m1/s1. The normalized spacial score (nSPS) is 46.4. The number of aromatic amines is 1. The van der Waals surface area contributed by atoms with Crippen molar-refractivity contribution >= 4 is 5.97 Å². The number of esters is 1. The highest BCUT2D eigenvalue weighted by Crippen LogP contribution is 2.40. The third-order valence-corrected chi connectivity index (χ3v) is 10.9. The molecule has 0 bridgehead atoms. The van der Waals surface area contributed by atoms with Crippen LogP contribution in [0.1, 0.15) is 86.5 Å². The molecule has 3 aliphatic rings. The minimum absolute atomic E-state index is 0.0384. The van der Waals surface area contributed by atoms with E-state index in [0.717, 1.165) is 0 Å². The Morgan fingerprint density at radius 2 is 1.73 bits per heavy atom. The van der Waals surface area contributed by atoms with Gasteiger partial charge in [0, 0.05) is 37.7 Å². The average molecular weight is 699 g/mol. The van der Waals surface area contributed by atoms with Gasteiger partial charge in [-0.15, -0.1) is 0 Å². The molecular formula is C35H62N4O10. The molecule has 0 saturated carbocycles. The van der Waals surface area contributed by atoms with Crippen molar-refractivity contribution in [3.8, 4) is 0 Å². The Morgan fingerprint density at radius 3 is 2.35 bits per heavy atom. The van der Waals surface area contributed by atoms with Crippen molar-refractivity contribution in [3.63, 3.8) is 0 Å². The minimum Gasteiger partial charge on any atom is -0.454 e. The molecular weight excluding hydrogens is 636 g/mol. The van der Waals surface area contributed by atoms with Crippen LogP contribution >= 0.6 is 0 Å². The van der Waals surface area contributed by atoms with Crippen molar-refractivity contribution in [2.75, 3.05) is 27.7 Å². The molecule has 5 N–H and O–H groups in total. The number of carbonyl (C=O) groups excluding carboxylic acids is 1. The summed E-state index contributed by atoms with van der Waals surface area (Å²) in [5, 5.41) is 45.2. The Balaban J connectivity index is 1.76. The van der Waals surface area contributed by atoms with Crippen LogP contribution in [-0.2, 0) is 33.2 Å². The van der Waals surface area contributed by atoms with Crippen molar-refractivity contribution in [1.82, 2.24) is 20.4 Å². The molecule has 0 spiro atoms. The summed E-state index contributed by atoms with van der Waals surface area (Å²) in [5.41, 5.74) is -1.79. The maximum absolute atomic E-state index is 14.2. The maximum Gasteiger partial charge on any atom is 0.312 e. The molecule has 4 rings (SSSR count). The highest BCUT2D eigenvalue weighted by atomic mass is 16.7. The predicted molar refractivity (Wildman–Crippen MR) is 180 cm³/mol. The van der Waals surface area contributed by atoms with Gasteiger partial charge in [-0.05, 0) is 87.0 Å². The second-order valence-electron chi connectivity index (χ2n) is 15.5. The number of methoxy groups -OCH3 is 1. The van der Waals surface area contributed by atoms with Crippen LogP contribution in [0.3, 0.4) is 0 Å². The predicted octanol–water partition coefficient (Wildman–Crippen LogP) is 2.13.